The molecule has 0 aliphatic heterocycles. The minimum atomic E-state index is -4.52. The third-order valence-corrected chi connectivity index (χ3v) is 4.18. The van der Waals surface area contributed by atoms with Gasteiger partial charge in [0.1, 0.15) is 5.75 Å². The molecule has 1 N–H and O–H groups in total. The van der Waals surface area contributed by atoms with Gasteiger partial charge in [0.2, 0.25) is 0 Å². The second-order valence-electron chi connectivity index (χ2n) is 5.30. The number of hydrogen-bond acceptors (Lipinski definition) is 5. The third-order valence-electron chi connectivity index (χ3n) is 3.52. The number of carboxylic acids is 1. The smallest absolute Gasteiger partial charge is 0.416 e. The average Bonchev–Trinajstić information content (AvgIpc) is 3.14. The molecule has 27 heavy (non-hydrogen) atoms. The summed E-state index contributed by atoms with van der Waals surface area (Å²) in [5, 5.41) is 12.4. The molecule has 0 bridgehead atoms. The molecule has 0 radical (unpaired) electrons. The largest absolute Gasteiger partial charge is 0.481 e. The van der Waals surface area contributed by atoms with Crippen LogP contribution >= 0.6 is 15.9 Å². The Morgan fingerprint density at radius 1 is 1.22 bits per heavy atom. The van der Waals surface area contributed by atoms with Gasteiger partial charge >= 0.3 is 12.1 Å². The van der Waals surface area contributed by atoms with Crippen LogP contribution in [0.2, 0.25) is 0 Å². The number of rotatable bonds is 5. The minimum Gasteiger partial charge on any atom is -0.481 e. The Morgan fingerprint density at radius 3 is 2.63 bits per heavy atom. The summed E-state index contributed by atoms with van der Waals surface area (Å²) in [5.41, 5.74) is -0.137. The van der Waals surface area contributed by atoms with E-state index in [1.165, 1.54) is 24.3 Å². The lowest BCUT2D eigenvalue weighted by atomic mass is 9.97. The topological polar surface area (TPSA) is 85.5 Å². The first-order chi connectivity index (χ1) is 12.8. The van der Waals surface area contributed by atoms with E-state index in [0.717, 1.165) is 18.5 Å². The summed E-state index contributed by atoms with van der Waals surface area (Å²) in [6.45, 7) is -0.648. The maximum atomic E-state index is 13.1. The highest BCUT2D eigenvalue weighted by atomic mass is 79.9. The Bertz CT molecular complexity index is 975. The van der Waals surface area contributed by atoms with Crippen molar-refractivity contribution in [3.63, 3.8) is 0 Å². The predicted molar refractivity (Wildman–Crippen MR) is 91.0 cm³/mol. The summed E-state index contributed by atoms with van der Waals surface area (Å²) in [4.78, 5) is 14.8. The highest BCUT2D eigenvalue weighted by molar-refractivity contribution is 9.10. The summed E-state index contributed by atoms with van der Waals surface area (Å²) in [6.07, 6.45) is -3.41. The molecule has 0 saturated carbocycles. The predicted octanol–water partition coefficient (Wildman–Crippen LogP) is 4.65. The fraction of sp³-hybridized carbons (Fsp3) is 0.118. The molecular weight excluding hydrogens is 433 g/mol. The van der Waals surface area contributed by atoms with E-state index in [1.54, 1.807) is 0 Å². The first-order valence-electron chi connectivity index (χ1n) is 7.39. The molecule has 0 aliphatic carbocycles. The minimum absolute atomic E-state index is 0.0240. The molecule has 0 spiro atoms. The van der Waals surface area contributed by atoms with Crippen LogP contribution in [0, 0.1) is 0 Å². The van der Waals surface area contributed by atoms with Gasteiger partial charge in [0.05, 0.1) is 11.1 Å². The molecule has 2 aromatic carbocycles. The SMILES string of the molecule is O=C(O)COc1ccc(Br)c(-c2cccc(C(F)(F)F)c2)c1-c1ncno1. The second-order valence-corrected chi connectivity index (χ2v) is 6.16. The quantitative estimate of drug-likeness (QED) is 0.618. The lowest BCUT2D eigenvalue weighted by Crippen LogP contribution is -2.10. The van der Waals surface area contributed by atoms with E-state index in [4.69, 9.17) is 14.4 Å². The van der Waals surface area contributed by atoms with Crippen molar-refractivity contribution in [2.24, 2.45) is 0 Å². The molecule has 1 aromatic heterocycles. The maximum absolute atomic E-state index is 13.1. The average molecular weight is 443 g/mol. The summed E-state index contributed by atoms with van der Waals surface area (Å²) in [6, 6.07) is 7.68. The zero-order valence-electron chi connectivity index (χ0n) is 13.3. The Labute approximate surface area is 158 Å². The van der Waals surface area contributed by atoms with Gasteiger partial charge in [0, 0.05) is 10.0 Å². The van der Waals surface area contributed by atoms with Crippen LogP contribution in [-0.2, 0) is 11.0 Å². The van der Waals surface area contributed by atoms with Gasteiger partial charge in [0.15, 0.2) is 12.9 Å². The number of alkyl halides is 3. The van der Waals surface area contributed by atoms with Crippen LogP contribution in [0.5, 0.6) is 5.75 Å². The molecule has 0 aliphatic rings. The van der Waals surface area contributed by atoms with Gasteiger partial charge in [-0.15, -0.1) is 0 Å². The Kier molecular flexibility index (Phi) is 5.17. The number of aliphatic carboxylic acids is 1. The number of halogens is 4. The number of nitrogens with zero attached hydrogens (tertiary/aromatic N) is 2. The summed E-state index contributed by atoms with van der Waals surface area (Å²) >= 11 is 3.32. The number of aromatic nitrogens is 2. The number of carboxylic acid groups (broad SMARTS) is 1. The van der Waals surface area contributed by atoms with Crippen molar-refractivity contribution in [3.8, 4) is 28.3 Å². The van der Waals surface area contributed by atoms with Crippen molar-refractivity contribution >= 4 is 21.9 Å². The molecule has 0 atom stereocenters. The molecule has 0 unspecified atom stereocenters. The van der Waals surface area contributed by atoms with Crippen LogP contribution in [0.1, 0.15) is 5.56 Å². The Hall–Kier alpha value is -2.88. The van der Waals surface area contributed by atoms with E-state index in [2.05, 4.69) is 26.1 Å². The lowest BCUT2D eigenvalue weighted by Gasteiger charge is -2.16. The fourth-order valence-electron chi connectivity index (χ4n) is 2.45. The molecule has 0 amide bonds. The summed E-state index contributed by atoms with van der Waals surface area (Å²) in [7, 11) is 0. The van der Waals surface area contributed by atoms with Crippen molar-refractivity contribution in [3.05, 3.63) is 52.8 Å². The molecular formula is C17H10BrF3N2O4. The number of ether oxygens (including phenoxy) is 1. The van der Waals surface area contributed by atoms with Gasteiger partial charge in [-0.1, -0.05) is 33.2 Å². The number of benzene rings is 2. The van der Waals surface area contributed by atoms with E-state index in [9.17, 15) is 18.0 Å². The first-order valence-corrected chi connectivity index (χ1v) is 8.18. The maximum Gasteiger partial charge on any atom is 0.416 e. The normalized spacial score (nSPS) is 11.4. The summed E-state index contributed by atoms with van der Waals surface area (Å²) < 4.78 is 50.1. The first kappa shape index (κ1) is 18.9. The standard InChI is InChI=1S/C17H10BrF3N2O4/c18-11-4-5-12(26-7-13(24)25)15(16-22-8-23-27-16)14(11)9-2-1-3-10(6-9)17(19,20)21/h1-6,8H,7H2,(H,24,25). The van der Waals surface area contributed by atoms with Gasteiger partial charge < -0.3 is 14.4 Å². The number of carbonyl (C=O) groups is 1. The molecule has 0 saturated heterocycles. The second kappa shape index (κ2) is 7.39. The van der Waals surface area contributed by atoms with E-state index in [0.29, 0.717) is 10.0 Å². The van der Waals surface area contributed by atoms with E-state index < -0.39 is 24.3 Å². The zero-order chi connectivity index (χ0) is 19.6. The van der Waals surface area contributed by atoms with Gasteiger partial charge in [-0.3, -0.25) is 0 Å². The highest BCUT2D eigenvalue weighted by Crippen LogP contribution is 2.44. The molecule has 6 nitrogen and oxygen atoms in total. The zero-order valence-corrected chi connectivity index (χ0v) is 14.9. The molecule has 3 rings (SSSR count). The molecule has 1 heterocycles. The van der Waals surface area contributed by atoms with Crippen LogP contribution in [0.4, 0.5) is 13.2 Å². The van der Waals surface area contributed by atoms with Crippen LogP contribution in [0.3, 0.4) is 0 Å². The highest BCUT2D eigenvalue weighted by Gasteiger charge is 2.31. The Balaban J connectivity index is 2.23. The van der Waals surface area contributed by atoms with E-state index in [-0.39, 0.29) is 22.8 Å². The van der Waals surface area contributed by atoms with Crippen molar-refractivity contribution < 1.29 is 32.3 Å². The van der Waals surface area contributed by atoms with Gasteiger partial charge in [-0.25, -0.2) is 4.79 Å². The monoisotopic (exact) mass is 442 g/mol. The third kappa shape index (κ3) is 4.11. The molecule has 10 heteroatoms. The van der Waals surface area contributed by atoms with Crippen molar-refractivity contribution in [2.45, 2.75) is 6.18 Å². The van der Waals surface area contributed by atoms with Gasteiger partial charge in [-0.05, 0) is 29.8 Å². The fourth-order valence-corrected chi connectivity index (χ4v) is 3.01. The van der Waals surface area contributed by atoms with Crippen LogP contribution in [-0.4, -0.2) is 27.8 Å². The van der Waals surface area contributed by atoms with Crippen molar-refractivity contribution in [2.75, 3.05) is 6.61 Å². The van der Waals surface area contributed by atoms with Crippen LogP contribution < -0.4 is 4.74 Å². The van der Waals surface area contributed by atoms with Crippen LogP contribution in [0.15, 0.2) is 51.7 Å². The number of hydrogen-bond donors (Lipinski definition) is 1. The molecule has 3 aromatic rings. The van der Waals surface area contributed by atoms with Gasteiger partial charge in [-0.2, -0.15) is 18.2 Å². The molecule has 0 fully saturated rings. The van der Waals surface area contributed by atoms with Crippen molar-refractivity contribution in [1.29, 1.82) is 0 Å². The van der Waals surface area contributed by atoms with Gasteiger partial charge in [0.25, 0.3) is 5.89 Å². The van der Waals surface area contributed by atoms with Crippen LogP contribution in [0.25, 0.3) is 22.6 Å². The van der Waals surface area contributed by atoms with Crippen molar-refractivity contribution in [1.82, 2.24) is 10.1 Å². The van der Waals surface area contributed by atoms with E-state index >= 15 is 0 Å². The Morgan fingerprint density at radius 2 is 2.00 bits per heavy atom. The van der Waals surface area contributed by atoms with E-state index in [1.807, 2.05) is 0 Å². The summed E-state index contributed by atoms with van der Waals surface area (Å²) in [5.74, 6) is -1.16. The lowest BCUT2D eigenvalue weighted by molar-refractivity contribution is -0.139. The molecule has 140 valence electrons.